The highest BCUT2D eigenvalue weighted by atomic mass is 127. The van der Waals surface area contributed by atoms with Crippen LogP contribution in [0.4, 0.5) is 0 Å². The summed E-state index contributed by atoms with van der Waals surface area (Å²) in [7, 11) is 1.65. The minimum absolute atomic E-state index is 0.0376. The molecule has 0 bridgehead atoms. The topological polar surface area (TPSA) is 35.5 Å². The van der Waals surface area contributed by atoms with Gasteiger partial charge in [-0.05, 0) is 71.0 Å². The van der Waals surface area contributed by atoms with Crippen LogP contribution in [0.2, 0.25) is 0 Å². The number of hydrogen-bond donors (Lipinski definition) is 0. The van der Waals surface area contributed by atoms with Gasteiger partial charge in [0.2, 0.25) is 0 Å². The number of allylic oxidation sites excluding steroid dienone is 1. The second-order valence-corrected chi connectivity index (χ2v) is 5.93. The van der Waals surface area contributed by atoms with Gasteiger partial charge < -0.3 is 9.47 Å². The SMILES string of the molecule is COc1ccc(COc2ccc(C=CC(C)=O)c(I)c2)cc1. The van der Waals surface area contributed by atoms with Gasteiger partial charge in [0, 0.05) is 3.57 Å². The molecule has 2 rings (SSSR count). The molecule has 4 heteroatoms. The maximum atomic E-state index is 11.0. The number of rotatable bonds is 6. The molecule has 0 atom stereocenters. The molecule has 0 aliphatic rings. The molecule has 0 saturated heterocycles. The van der Waals surface area contributed by atoms with Crippen LogP contribution in [0.1, 0.15) is 18.1 Å². The summed E-state index contributed by atoms with van der Waals surface area (Å²) in [6.07, 6.45) is 3.38. The van der Waals surface area contributed by atoms with Gasteiger partial charge in [-0.1, -0.05) is 24.3 Å². The monoisotopic (exact) mass is 408 g/mol. The summed E-state index contributed by atoms with van der Waals surface area (Å²) in [5, 5.41) is 0. The average Bonchev–Trinajstić information content (AvgIpc) is 2.52. The Hall–Kier alpha value is -1.82. The fourth-order valence-corrected chi connectivity index (χ4v) is 2.49. The second kappa shape index (κ2) is 7.98. The van der Waals surface area contributed by atoms with Crippen molar-refractivity contribution in [2.45, 2.75) is 13.5 Å². The van der Waals surface area contributed by atoms with E-state index in [-0.39, 0.29) is 5.78 Å². The van der Waals surface area contributed by atoms with E-state index in [4.69, 9.17) is 9.47 Å². The molecule has 0 aromatic heterocycles. The van der Waals surface area contributed by atoms with E-state index in [1.807, 2.05) is 48.5 Å². The number of halogens is 1. The van der Waals surface area contributed by atoms with E-state index in [1.165, 1.54) is 6.92 Å². The van der Waals surface area contributed by atoms with Crippen LogP contribution < -0.4 is 9.47 Å². The number of benzene rings is 2. The lowest BCUT2D eigenvalue weighted by Gasteiger charge is -2.08. The van der Waals surface area contributed by atoms with Gasteiger partial charge >= 0.3 is 0 Å². The normalized spacial score (nSPS) is 10.7. The average molecular weight is 408 g/mol. The quantitative estimate of drug-likeness (QED) is 0.522. The minimum atomic E-state index is 0.0376. The van der Waals surface area contributed by atoms with Crippen LogP contribution in [0.5, 0.6) is 11.5 Å². The summed E-state index contributed by atoms with van der Waals surface area (Å²) in [6.45, 7) is 2.04. The molecule has 22 heavy (non-hydrogen) atoms. The van der Waals surface area contributed by atoms with Crippen molar-refractivity contribution >= 4 is 34.5 Å². The molecule has 0 heterocycles. The third-order valence-electron chi connectivity index (χ3n) is 3.03. The number of methoxy groups -OCH3 is 1. The van der Waals surface area contributed by atoms with Crippen molar-refractivity contribution in [1.29, 1.82) is 0 Å². The summed E-state index contributed by atoms with van der Waals surface area (Å²) in [6, 6.07) is 13.6. The maximum Gasteiger partial charge on any atom is 0.152 e. The smallest absolute Gasteiger partial charge is 0.152 e. The summed E-state index contributed by atoms with van der Waals surface area (Å²) < 4.78 is 12.0. The van der Waals surface area contributed by atoms with E-state index in [1.54, 1.807) is 13.2 Å². The zero-order chi connectivity index (χ0) is 15.9. The molecule has 2 aromatic carbocycles. The van der Waals surface area contributed by atoms with Crippen molar-refractivity contribution in [3.8, 4) is 11.5 Å². The van der Waals surface area contributed by atoms with Crippen molar-refractivity contribution < 1.29 is 14.3 Å². The van der Waals surface area contributed by atoms with Crippen molar-refractivity contribution in [3.05, 3.63) is 63.2 Å². The van der Waals surface area contributed by atoms with Crippen molar-refractivity contribution in [2.24, 2.45) is 0 Å². The van der Waals surface area contributed by atoms with Crippen LogP contribution >= 0.6 is 22.6 Å². The zero-order valence-corrected chi connectivity index (χ0v) is 14.7. The van der Waals surface area contributed by atoms with Crippen LogP contribution in [-0.2, 0) is 11.4 Å². The first-order valence-electron chi connectivity index (χ1n) is 6.82. The lowest BCUT2D eigenvalue weighted by atomic mass is 10.2. The van der Waals surface area contributed by atoms with E-state index in [0.717, 1.165) is 26.2 Å². The zero-order valence-electron chi connectivity index (χ0n) is 12.5. The van der Waals surface area contributed by atoms with Gasteiger partial charge in [0.1, 0.15) is 18.1 Å². The molecule has 2 aromatic rings. The van der Waals surface area contributed by atoms with Gasteiger partial charge in [0.25, 0.3) is 0 Å². The standard InChI is InChI=1S/C18H17IO3/c1-13(20)3-6-15-7-10-17(11-18(15)19)22-12-14-4-8-16(21-2)9-5-14/h3-11H,12H2,1-2H3. The van der Waals surface area contributed by atoms with Crippen LogP contribution in [0.25, 0.3) is 6.08 Å². The Balaban J connectivity index is 2.01. The maximum absolute atomic E-state index is 11.0. The summed E-state index contributed by atoms with van der Waals surface area (Å²) in [5.41, 5.74) is 2.09. The summed E-state index contributed by atoms with van der Waals surface area (Å²) in [4.78, 5) is 11.0. The van der Waals surface area contributed by atoms with Gasteiger partial charge in [-0.25, -0.2) is 0 Å². The van der Waals surface area contributed by atoms with Crippen LogP contribution in [0.3, 0.4) is 0 Å². The van der Waals surface area contributed by atoms with E-state index >= 15 is 0 Å². The van der Waals surface area contributed by atoms with Crippen LogP contribution in [0, 0.1) is 3.57 Å². The van der Waals surface area contributed by atoms with Gasteiger partial charge in [-0.2, -0.15) is 0 Å². The summed E-state index contributed by atoms with van der Waals surface area (Å²) in [5.74, 6) is 1.68. The van der Waals surface area contributed by atoms with Crippen LogP contribution in [0.15, 0.2) is 48.5 Å². The van der Waals surface area contributed by atoms with Crippen molar-refractivity contribution in [3.63, 3.8) is 0 Å². The molecule has 0 unspecified atom stereocenters. The number of carbonyl (C=O) groups is 1. The van der Waals surface area contributed by atoms with Crippen LogP contribution in [-0.4, -0.2) is 12.9 Å². The molecule has 0 amide bonds. The second-order valence-electron chi connectivity index (χ2n) is 4.76. The molecule has 0 fully saturated rings. The van der Waals surface area contributed by atoms with Gasteiger partial charge in [0.15, 0.2) is 5.78 Å². The van der Waals surface area contributed by atoms with Gasteiger partial charge in [-0.3, -0.25) is 4.79 Å². The Morgan fingerprint density at radius 2 is 1.82 bits per heavy atom. The largest absolute Gasteiger partial charge is 0.497 e. The highest BCUT2D eigenvalue weighted by Gasteiger charge is 2.01. The highest BCUT2D eigenvalue weighted by molar-refractivity contribution is 14.1. The fourth-order valence-electron chi connectivity index (χ4n) is 1.83. The third kappa shape index (κ3) is 4.87. The predicted molar refractivity (Wildman–Crippen MR) is 96.2 cm³/mol. The number of hydrogen-bond acceptors (Lipinski definition) is 3. The Morgan fingerprint density at radius 3 is 2.41 bits per heavy atom. The fraction of sp³-hybridized carbons (Fsp3) is 0.167. The molecule has 0 spiro atoms. The van der Waals surface area contributed by atoms with Crippen molar-refractivity contribution in [1.82, 2.24) is 0 Å². The molecular formula is C18H17IO3. The molecule has 0 aliphatic carbocycles. The van der Waals surface area contributed by atoms with Gasteiger partial charge in [0.05, 0.1) is 7.11 Å². The van der Waals surface area contributed by atoms with E-state index in [0.29, 0.717) is 6.61 Å². The molecule has 3 nitrogen and oxygen atoms in total. The Bertz CT molecular complexity index is 675. The molecule has 0 N–H and O–H groups in total. The third-order valence-corrected chi connectivity index (χ3v) is 3.97. The van der Waals surface area contributed by atoms with E-state index in [2.05, 4.69) is 22.6 Å². The first kappa shape index (κ1) is 16.5. The van der Waals surface area contributed by atoms with E-state index < -0.39 is 0 Å². The molecule has 0 radical (unpaired) electrons. The highest BCUT2D eigenvalue weighted by Crippen LogP contribution is 2.22. The lowest BCUT2D eigenvalue weighted by molar-refractivity contribution is -0.112. The number of ether oxygens (including phenoxy) is 2. The number of ketones is 1. The van der Waals surface area contributed by atoms with E-state index in [9.17, 15) is 4.79 Å². The number of carbonyl (C=O) groups excluding carboxylic acids is 1. The predicted octanol–water partition coefficient (Wildman–Crippen LogP) is 4.48. The Labute approximate surface area is 144 Å². The minimum Gasteiger partial charge on any atom is -0.497 e. The first-order chi connectivity index (χ1) is 10.6. The van der Waals surface area contributed by atoms with Crippen molar-refractivity contribution in [2.75, 3.05) is 7.11 Å². The summed E-state index contributed by atoms with van der Waals surface area (Å²) >= 11 is 2.24. The Morgan fingerprint density at radius 1 is 1.14 bits per heavy atom. The molecular weight excluding hydrogens is 391 g/mol. The lowest BCUT2D eigenvalue weighted by Crippen LogP contribution is -1.96. The van der Waals surface area contributed by atoms with Gasteiger partial charge in [-0.15, -0.1) is 0 Å². The Kier molecular flexibility index (Phi) is 6.00. The molecule has 0 aliphatic heterocycles. The molecule has 114 valence electrons. The first-order valence-corrected chi connectivity index (χ1v) is 7.90. The molecule has 0 saturated carbocycles.